The van der Waals surface area contributed by atoms with Gasteiger partial charge in [0.2, 0.25) is 11.8 Å². The number of phenolic OH excluding ortho intramolecular Hbond substituents is 1. The van der Waals surface area contributed by atoms with E-state index in [4.69, 9.17) is 4.65 Å². The van der Waals surface area contributed by atoms with Crippen LogP contribution in [0.25, 0.3) is 16.8 Å². The molecule has 0 saturated carbocycles. The van der Waals surface area contributed by atoms with E-state index in [-0.39, 0.29) is 41.4 Å². The fourth-order valence-electron chi connectivity index (χ4n) is 7.13. The normalized spacial score (nSPS) is 25.5. The molecule has 0 bridgehead atoms. The molecule has 5 rings (SSSR count). The minimum absolute atomic E-state index is 0.0330. The molecule has 2 aliphatic heterocycles. The maximum Gasteiger partial charge on any atom is 0.455 e. The van der Waals surface area contributed by atoms with E-state index < -0.39 is 7.12 Å². The number of allylic oxidation sites excluding steroid dienone is 2. The van der Waals surface area contributed by atoms with Crippen LogP contribution in [0.4, 0.5) is 0 Å². The van der Waals surface area contributed by atoms with Gasteiger partial charge in [-0.15, -0.1) is 0 Å². The third-order valence-corrected chi connectivity index (χ3v) is 8.87. The Kier molecular flexibility index (Phi) is 8.29. The zero-order chi connectivity index (χ0) is 27.7. The Labute approximate surface area is 231 Å². The molecule has 0 aromatic heterocycles. The summed E-state index contributed by atoms with van der Waals surface area (Å²) in [5.41, 5.74) is 4.76. The Morgan fingerprint density at radius 3 is 2.54 bits per heavy atom. The van der Waals surface area contributed by atoms with Crippen LogP contribution >= 0.6 is 0 Å². The first kappa shape index (κ1) is 27.7. The van der Waals surface area contributed by atoms with Gasteiger partial charge in [-0.2, -0.15) is 0 Å². The number of phenols is 1. The number of hydrogen-bond acceptors (Lipinski definition) is 5. The largest absolute Gasteiger partial charge is 0.507 e. The van der Waals surface area contributed by atoms with Crippen LogP contribution < -0.4 is 0 Å². The number of benzene rings is 2. The number of rotatable bonds is 9. The van der Waals surface area contributed by atoms with Crippen LogP contribution in [-0.2, 0) is 14.2 Å². The van der Waals surface area contributed by atoms with Crippen molar-refractivity contribution in [3.05, 3.63) is 58.7 Å². The zero-order valence-corrected chi connectivity index (χ0v) is 23.4. The molecule has 2 heterocycles. The molecule has 0 radical (unpaired) electrons. The second kappa shape index (κ2) is 11.7. The highest BCUT2D eigenvalue weighted by Crippen LogP contribution is 2.51. The summed E-state index contributed by atoms with van der Waals surface area (Å²) in [6.07, 6.45) is 7.92. The highest BCUT2D eigenvalue weighted by molar-refractivity contribution is 6.43. The number of imide groups is 1. The number of nitrogens with zero attached hydrogens (tertiary/aromatic N) is 1. The zero-order valence-electron chi connectivity index (χ0n) is 23.4. The summed E-state index contributed by atoms with van der Waals surface area (Å²) in [5, 5.41) is 22.9. The van der Waals surface area contributed by atoms with E-state index in [9.17, 15) is 19.7 Å². The van der Waals surface area contributed by atoms with E-state index in [1.807, 2.05) is 37.3 Å². The standard InChI is InChI=1S/C32H40BNO5/c1-4-9-22-18-25-30(32(37)34(16-5-2)31(25)36)26-19-33(38)39-28(29(22)26)15-12-20(6-3)17-21-13-14-27(35)24-11-8-7-10-23(21)24/h7-8,10-11,13-14,17,25-26,28,30,35,38H,4-6,9,12,15-16,18-19H2,1-3H3/b20-17+/t25-,26+,28-,30-/m1/s1. The van der Waals surface area contributed by atoms with E-state index >= 15 is 0 Å². The van der Waals surface area contributed by atoms with Crippen molar-refractivity contribution >= 4 is 35.8 Å². The van der Waals surface area contributed by atoms with Crippen LogP contribution in [0.1, 0.15) is 71.3 Å². The van der Waals surface area contributed by atoms with Crippen molar-refractivity contribution in [3.63, 3.8) is 0 Å². The topological polar surface area (TPSA) is 87.1 Å². The van der Waals surface area contributed by atoms with Gasteiger partial charge in [0.05, 0.1) is 17.9 Å². The molecule has 3 aliphatic rings. The maximum absolute atomic E-state index is 13.5. The summed E-state index contributed by atoms with van der Waals surface area (Å²) in [5.74, 6) is -0.655. The maximum atomic E-state index is 13.5. The van der Waals surface area contributed by atoms with Crippen molar-refractivity contribution in [1.82, 2.24) is 4.90 Å². The Morgan fingerprint density at radius 2 is 1.82 bits per heavy atom. The van der Waals surface area contributed by atoms with Crippen LogP contribution in [0.3, 0.4) is 0 Å². The predicted molar refractivity (Wildman–Crippen MR) is 155 cm³/mol. The lowest BCUT2D eigenvalue weighted by molar-refractivity contribution is -0.140. The van der Waals surface area contributed by atoms with Gasteiger partial charge in [0.1, 0.15) is 5.75 Å². The van der Waals surface area contributed by atoms with Gasteiger partial charge in [-0.05, 0) is 73.4 Å². The summed E-state index contributed by atoms with van der Waals surface area (Å²) >= 11 is 0. The number of likely N-dealkylation sites (tertiary alicyclic amines) is 1. The second-order valence-corrected chi connectivity index (χ2v) is 11.3. The van der Waals surface area contributed by atoms with Gasteiger partial charge in [0, 0.05) is 11.9 Å². The van der Waals surface area contributed by atoms with Crippen molar-refractivity contribution in [3.8, 4) is 5.75 Å². The van der Waals surface area contributed by atoms with Gasteiger partial charge in [-0.1, -0.05) is 74.7 Å². The number of amides is 2. The predicted octanol–water partition coefficient (Wildman–Crippen LogP) is 6.13. The highest BCUT2D eigenvalue weighted by Gasteiger charge is 2.56. The molecular formula is C32H40BNO5. The molecule has 1 aliphatic carbocycles. The van der Waals surface area contributed by atoms with Crippen molar-refractivity contribution in [2.45, 2.75) is 78.1 Å². The first-order chi connectivity index (χ1) is 18.9. The molecule has 2 aromatic rings. The number of hydrogen-bond donors (Lipinski definition) is 2. The SMILES string of the molecule is CCCC1=C2[C@@H](CC/C(=C/c3ccc(O)c4ccccc34)CC)OB(O)C[C@@H]2[C@@H]2C(=O)N(CCC)C(=O)[C@@H]2C1. The third-order valence-electron chi connectivity index (χ3n) is 8.87. The highest BCUT2D eigenvalue weighted by atomic mass is 16.5. The Morgan fingerprint density at radius 1 is 1.05 bits per heavy atom. The molecule has 39 heavy (non-hydrogen) atoms. The van der Waals surface area contributed by atoms with Crippen molar-refractivity contribution in [2.24, 2.45) is 17.8 Å². The minimum Gasteiger partial charge on any atom is -0.507 e. The quantitative estimate of drug-likeness (QED) is 0.232. The molecule has 2 fully saturated rings. The fourth-order valence-corrected chi connectivity index (χ4v) is 7.13. The molecule has 2 amide bonds. The molecule has 2 N–H and O–H groups in total. The summed E-state index contributed by atoms with van der Waals surface area (Å²) in [6.45, 7) is 6.75. The monoisotopic (exact) mass is 529 g/mol. The number of carbonyl (C=O) groups is 2. The van der Waals surface area contributed by atoms with Gasteiger partial charge in [-0.3, -0.25) is 14.5 Å². The summed E-state index contributed by atoms with van der Waals surface area (Å²) in [7, 11) is -0.941. The Hall–Kier alpha value is -2.90. The van der Waals surface area contributed by atoms with Crippen LogP contribution in [0.5, 0.6) is 5.75 Å². The fraction of sp³-hybridized carbons (Fsp3) is 0.500. The molecule has 0 spiro atoms. The van der Waals surface area contributed by atoms with Crippen molar-refractivity contribution in [2.75, 3.05) is 6.54 Å². The van der Waals surface area contributed by atoms with E-state index in [2.05, 4.69) is 19.9 Å². The van der Waals surface area contributed by atoms with E-state index in [1.165, 1.54) is 21.6 Å². The summed E-state index contributed by atoms with van der Waals surface area (Å²) in [4.78, 5) is 28.2. The lowest BCUT2D eigenvalue weighted by atomic mass is 9.58. The van der Waals surface area contributed by atoms with E-state index in [0.717, 1.165) is 48.4 Å². The van der Waals surface area contributed by atoms with Gasteiger partial charge in [0.15, 0.2) is 0 Å². The van der Waals surface area contributed by atoms with Gasteiger partial charge >= 0.3 is 7.12 Å². The molecular weight excluding hydrogens is 489 g/mol. The van der Waals surface area contributed by atoms with E-state index in [1.54, 1.807) is 6.07 Å². The summed E-state index contributed by atoms with van der Waals surface area (Å²) < 4.78 is 6.18. The van der Waals surface area contributed by atoms with Crippen LogP contribution in [0.2, 0.25) is 6.32 Å². The molecule has 7 heteroatoms. The Bertz CT molecular complexity index is 1320. The lowest BCUT2D eigenvalue weighted by Gasteiger charge is -2.43. The van der Waals surface area contributed by atoms with Crippen LogP contribution in [0.15, 0.2) is 53.1 Å². The molecule has 4 atom stereocenters. The van der Waals surface area contributed by atoms with Gasteiger partial charge in [0.25, 0.3) is 0 Å². The van der Waals surface area contributed by atoms with Crippen LogP contribution in [-0.4, -0.2) is 46.6 Å². The number of fused-ring (bicyclic) bond motifs is 4. The first-order valence-electron chi connectivity index (χ1n) is 14.7. The second-order valence-electron chi connectivity index (χ2n) is 11.3. The smallest absolute Gasteiger partial charge is 0.455 e. The third kappa shape index (κ3) is 5.19. The average Bonchev–Trinajstić information content (AvgIpc) is 3.17. The lowest BCUT2D eigenvalue weighted by Crippen LogP contribution is -2.46. The van der Waals surface area contributed by atoms with E-state index in [0.29, 0.717) is 25.7 Å². The Balaban J connectivity index is 1.43. The molecule has 2 saturated heterocycles. The number of aromatic hydroxyl groups is 1. The average molecular weight is 529 g/mol. The van der Waals surface area contributed by atoms with Gasteiger partial charge in [-0.25, -0.2) is 0 Å². The first-order valence-corrected chi connectivity index (χ1v) is 14.7. The molecule has 6 nitrogen and oxygen atoms in total. The van der Waals surface area contributed by atoms with Gasteiger partial charge < -0.3 is 14.8 Å². The van der Waals surface area contributed by atoms with Crippen molar-refractivity contribution < 1.29 is 24.4 Å². The molecule has 2 aromatic carbocycles. The van der Waals surface area contributed by atoms with Crippen molar-refractivity contribution in [1.29, 1.82) is 0 Å². The minimum atomic E-state index is -0.941. The molecule has 0 unspecified atom stereocenters. The molecule has 206 valence electrons. The number of carbonyl (C=O) groups excluding carboxylic acids is 2. The summed E-state index contributed by atoms with van der Waals surface area (Å²) in [6, 6.07) is 11.6. The van der Waals surface area contributed by atoms with Crippen LogP contribution in [0, 0.1) is 17.8 Å².